The van der Waals surface area contributed by atoms with Crippen LogP contribution in [-0.2, 0) is 0 Å². The highest BCUT2D eigenvalue weighted by Gasteiger charge is 2.50. The Kier molecular flexibility index (Phi) is 3.21. The van der Waals surface area contributed by atoms with Crippen LogP contribution in [0.15, 0.2) is 18.2 Å². The van der Waals surface area contributed by atoms with Gasteiger partial charge in [-0.05, 0) is 67.8 Å². The number of methoxy groups -OCH3 is 1. The van der Waals surface area contributed by atoms with Crippen LogP contribution in [0.2, 0.25) is 0 Å². The van der Waals surface area contributed by atoms with Gasteiger partial charge in [0.1, 0.15) is 11.6 Å². The van der Waals surface area contributed by atoms with E-state index < -0.39 is 0 Å². The predicted molar refractivity (Wildman–Crippen MR) is 80.4 cm³/mol. The second kappa shape index (κ2) is 4.98. The number of nitrogens with two attached hydrogens (primary N) is 1. The summed E-state index contributed by atoms with van der Waals surface area (Å²) in [4.78, 5) is 0. The van der Waals surface area contributed by atoms with Crippen molar-refractivity contribution in [2.45, 2.75) is 38.1 Å². The monoisotopic (exact) mass is 289 g/mol. The molecule has 4 bridgehead atoms. The Morgan fingerprint density at radius 1 is 1.10 bits per heavy atom. The molecule has 4 aliphatic rings. The van der Waals surface area contributed by atoms with Crippen molar-refractivity contribution >= 4 is 0 Å². The highest BCUT2D eigenvalue weighted by molar-refractivity contribution is 5.31. The van der Waals surface area contributed by atoms with Crippen LogP contribution in [-0.4, -0.2) is 7.11 Å². The number of halogens is 1. The van der Waals surface area contributed by atoms with Gasteiger partial charge in [-0.1, -0.05) is 6.07 Å². The zero-order valence-corrected chi connectivity index (χ0v) is 12.6. The number of rotatable bonds is 3. The standard InChI is InChI=1S/C18H24FNO/c1-21-14-2-3-15(16(19)9-14)18(20)17-12-5-10-4-11(7-12)8-13(17)6-10/h2-3,9-13,17-18H,4-8,20H2,1H3. The van der Waals surface area contributed by atoms with E-state index in [1.165, 1.54) is 38.2 Å². The van der Waals surface area contributed by atoms with E-state index >= 15 is 0 Å². The first-order valence-electron chi connectivity index (χ1n) is 8.24. The second-order valence-electron chi connectivity index (χ2n) is 7.42. The normalized spacial score (nSPS) is 38.5. The molecule has 21 heavy (non-hydrogen) atoms. The minimum Gasteiger partial charge on any atom is -0.497 e. The Labute approximate surface area is 125 Å². The van der Waals surface area contributed by atoms with Crippen molar-refractivity contribution in [3.8, 4) is 5.75 Å². The highest BCUT2D eigenvalue weighted by Crippen LogP contribution is 2.59. The van der Waals surface area contributed by atoms with E-state index in [2.05, 4.69) is 0 Å². The molecule has 4 saturated carbocycles. The highest BCUT2D eigenvalue weighted by atomic mass is 19.1. The average Bonchev–Trinajstić information content (AvgIpc) is 2.45. The van der Waals surface area contributed by atoms with Gasteiger partial charge in [0, 0.05) is 17.7 Å². The van der Waals surface area contributed by atoms with Gasteiger partial charge in [0.2, 0.25) is 0 Å². The fraction of sp³-hybridized carbons (Fsp3) is 0.667. The summed E-state index contributed by atoms with van der Waals surface area (Å²) < 4.78 is 19.4. The van der Waals surface area contributed by atoms with Gasteiger partial charge in [0.15, 0.2) is 0 Å². The Hall–Kier alpha value is -1.09. The lowest BCUT2D eigenvalue weighted by atomic mass is 9.50. The molecule has 1 aromatic carbocycles. The molecule has 0 aromatic heterocycles. The zero-order valence-electron chi connectivity index (χ0n) is 12.6. The van der Waals surface area contributed by atoms with Crippen molar-refractivity contribution in [3.05, 3.63) is 29.6 Å². The molecule has 0 spiro atoms. The molecule has 4 fully saturated rings. The Morgan fingerprint density at radius 2 is 1.71 bits per heavy atom. The van der Waals surface area contributed by atoms with Crippen molar-refractivity contribution < 1.29 is 9.13 Å². The van der Waals surface area contributed by atoms with Crippen LogP contribution in [0.1, 0.15) is 43.7 Å². The molecule has 3 heteroatoms. The third-order valence-corrected chi connectivity index (χ3v) is 6.28. The van der Waals surface area contributed by atoms with E-state index in [0.717, 1.165) is 23.7 Å². The topological polar surface area (TPSA) is 35.2 Å². The van der Waals surface area contributed by atoms with Gasteiger partial charge in [-0.25, -0.2) is 4.39 Å². The molecule has 0 saturated heterocycles. The quantitative estimate of drug-likeness (QED) is 0.915. The first-order chi connectivity index (χ1) is 10.2. The van der Waals surface area contributed by atoms with Crippen molar-refractivity contribution in [1.29, 1.82) is 0 Å². The zero-order chi connectivity index (χ0) is 14.6. The third kappa shape index (κ3) is 2.17. The molecule has 0 radical (unpaired) electrons. The van der Waals surface area contributed by atoms with Gasteiger partial charge < -0.3 is 10.5 Å². The summed E-state index contributed by atoms with van der Waals surface area (Å²) in [6.45, 7) is 0. The van der Waals surface area contributed by atoms with Crippen molar-refractivity contribution in [1.82, 2.24) is 0 Å². The van der Waals surface area contributed by atoms with Gasteiger partial charge in [0.05, 0.1) is 7.11 Å². The maximum atomic E-state index is 14.3. The average molecular weight is 289 g/mol. The van der Waals surface area contributed by atoms with Crippen LogP contribution in [0.4, 0.5) is 4.39 Å². The first-order valence-corrected chi connectivity index (χ1v) is 8.24. The van der Waals surface area contributed by atoms with Gasteiger partial charge in [-0.2, -0.15) is 0 Å². The maximum Gasteiger partial charge on any atom is 0.131 e. The lowest BCUT2D eigenvalue weighted by Gasteiger charge is -2.56. The molecule has 2 N–H and O–H groups in total. The fourth-order valence-corrected chi connectivity index (χ4v) is 5.67. The minimum absolute atomic E-state index is 0.161. The van der Waals surface area contributed by atoms with Crippen molar-refractivity contribution in [3.63, 3.8) is 0 Å². The summed E-state index contributed by atoms with van der Waals surface area (Å²) >= 11 is 0. The Balaban J connectivity index is 1.61. The van der Waals surface area contributed by atoms with Gasteiger partial charge in [-0.15, -0.1) is 0 Å². The maximum absolute atomic E-state index is 14.3. The minimum atomic E-state index is -0.212. The largest absolute Gasteiger partial charge is 0.497 e. The number of benzene rings is 1. The van der Waals surface area contributed by atoms with Crippen molar-refractivity contribution in [2.24, 2.45) is 35.3 Å². The molecule has 114 valence electrons. The third-order valence-electron chi connectivity index (χ3n) is 6.28. The molecule has 2 nitrogen and oxygen atoms in total. The van der Waals surface area contributed by atoms with E-state index in [1.807, 2.05) is 12.1 Å². The molecule has 0 heterocycles. The van der Waals surface area contributed by atoms with Crippen LogP contribution in [0.3, 0.4) is 0 Å². The fourth-order valence-electron chi connectivity index (χ4n) is 5.67. The summed E-state index contributed by atoms with van der Waals surface area (Å²) in [7, 11) is 1.56. The van der Waals surface area contributed by atoms with Crippen LogP contribution >= 0.6 is 0 Å². The number of ether oxygens (including phenoxy) is 1. The van der Waals surface area contributed by atoms with Gasteiger partial charge >= 0.3 is 0 Å². The second-order valence-corrected chi connectivity index (χ2v) is 7.42. The SMILES string of the molecule is COc1ccc(C(N)C2C3CC4CC(C3)CC2C4)c(F)c1. The molecule has 1 unspecified atom stereocenters. The lowest BCUT2D eigenvalue weighted by Crippen LogP contribution is -2.48. The van der Waals surface area contributed by atoms with Crippen LogP contribution in [0.5, 0.6) is 5.75 Å². The molecular formula is C18H24FNO. The lowest BCUT2D eigenvalue weighted by molar-refractivity contribution is -0.0475. The smallest absolute Gasteiger partial charge is 0.131 e. The van der Waals surface area contributed by atoms with Crippen molar-refractivity contribution in [2.75, 3.05) is 7.11 Å². The van der Waals surface area contributed by atoms with Crippen LogP contribution in [0, 0.1) is 35.4 Å². The first kappa shape index (κ1) is 13.6. The molecular weight excluding hydrogens is 265 g/mol. The van der Waals surface area contributed by atoms with Gasteiger partial charge in [0.25, 0.3) is 0 Å². The molecule has 1 aromatic rings. The molecule has 0 aliphatic heterocycles. The summed E-state index contributed by atoms with van der Waals surface area (Å²) in [5.41, 5.74) is 7.21. The number of hydrogen-bond donors (Lipinski definition) is 1. The molecule has 5 rings (SSSR count). The summed E-state index contributed by atoms with van der Waals surface area (Å²) in [6, 6.07) is 4.95. The van der Waals surface area contributed by atoms with E-state index in [4.69, 9.17) is 10.5 Å². The molecule has 4 aliphatic carbocycles. The van der Waals surface area contributed by atoms with E-state index in [1.54, 1.807) is 7.11 Å². The van der Waals surface area contributed by atoms with E-state index in [0.29, 0.717) is 17.2 Å². The Morgan fingerprint density at radius 3 is 2.24 bits per heavy atom. The van der Waals surface area contributed by atoms with E-state index in [9.17, 15) is 4.39 Å². The number of hydrogen-bond acceptors (Lipinski definition) is 2. The Bertz CT molecular complexity index is 516. The van der Waals surface area contributed by atoms with Gasteiger partial charge in [-0.3, -0.25) is 0 Å². The predicted octanol–water partition coefficient (Wildman–Crippen LogP) is 3.91. The molecule has 1 atom stereocenters. The summed E-state index contributed by atoms with van der Waals surface area (Å²) in [6.07, 6.45) is 6.73. The summed E-state index contributed by atoms with van der Waals surface area (Å²) in [5, 5.41) is 0. The van der Waals surface area contributed by atoms with E-state index in [-0.39, 0.29) is 11.9 Å². The van der Waals surface area contributed by atoms with Crippen LogP contribution in [0.25, 0.3) is 0 Å². The molecule has 0 amide bonds. The summed E-state index contributed by atoms with van der Waals surface area (Å²) in [5.74, 6) is 4.12. The van der Waals surface area contributed by atoms with Crippen LogP contribution < -0.4 is 10.5 Å².